The Labute approximate surface area is 98.0 Å². The predicted octanol–water partition coefficient (Wildman–Crippen LogP) is 1.60. The molecule has 0 aliphatic heterocycles. The second kappa shape index (κ2) is 4.45. The van der Waals surface area contributed by atoms with Gasteiger partial charge in [-0.25, -0.2) is 4.79 Å². The zero-order chi connectivity index (χ0) is 12.4. The van der Waals surface area contributed by atoms with Crippen LogP contribution in [0, 0.1) is 0 Å². The first-order valence-electron chi connectivity index (χ1n) is 5.57. The number of benzene rings is 1. The Morgan fingerprint density at radius 1 is 1.35 bits per heavy atom. The highest BCUT2D eigenvalue weighted by molar-refractivity contribution is 5.96. The molecule has 0 bridgehead atoms. The number of nitrogens with one attached hydrogen (secondary N) is 1. The van der Waals surface area contributed by atoms with Gasteiger partial charge in [-0.2, -0.15) is 0 Å². The summed E-state index contributed by atoms with van der Waals surface area (Å²) in [6.07, 6.45) is 0. The van der Waals surface area contributed by atoms with E-state index in [0.29, 0.717) is 29.8 Å². The quantitative estimate of drug-likeness (QED) is 0.877. The largest absolute Gasteiger partial charge is 0.417 e. The molecule has 0 fully saturated rings. The summed E-state index contributed by atoms with van der Waals surface area (Å²) in [7, 11) is 0. The van der Waals surface area contributed by atoms with Crippen LogP contribution in [-0.2, 0) is 0 Å². The van der Waals surface area contributed by atoms with Crippen molar-refractivity contribution in [3.8, 4) is 0 Å². The second-order valence-electron chi connectivity index (χ2n) is 3.70. The molecule has 5 nitrogen and oxygen atoms in total. The normalized spacial score (nSPS) is 10.7. The van der Waals surface area contributed by atoms with E-state index < -0.39 is 5.76 Å². The molecule has 90 valence electrons. The van der Waals surface area contributed by atoms with E-state index in [1.165, 1.54) is 0 Å². The molecule has 0 unspecified atom stereocenters. The van der Waals surface area contributed by atoms with E-state index in [1.807, 2.05) is 13.8 Å². The van der Waals surface area contributed by atoms with Gasteiger partial charge in [-0.15, -0.1) is 0 Å². The molecule has 2 rings (SSSR count). The molecule has 1 aromatic heterocycles. The van der Waals surface area contributed by atoms with E-state index >= 15 is 0 Å². The standard InChI is InChI=1S/C12H14N2O3/c1-3-14(4-2)11(15)8-5-6-9-10(7-8)17-12(16)13-9/h5-7H,3-4H2,1-2H3,(H,13,16). The van der Waals surface area contributed by atoms with E-state index in [9.17, 15) is 9.59 Å². The third kappa shape index (κ3) is 2.08. The van der Waals surface area contributed by atoms with Crippen molar-refractivity contribution < 1.29 is 9.21 Å². The van der Waals surface area contributed by atoms with E-state index in [4.69, 9.17) is 4.42 Å². The molecule has 0 aliphatic rings. The maximum absolute atomic E-state index is 12.1. The lowest BCUT2D eigenvalue weighted by Crippen LogP contribution is -2.30. The maximum Gasteiger partial charge on any atom is 0.417 e. The third-order valence-corrected chi connectivity index (χ3v) is 2.72. The van der Waals surface area contributed by atoms with Crippen molar-refractivity contribution in [1.29, 1.82) is 0 Å². The minimum absolute atomic E-state index is 0.0549. The van der Waals surface area contributed by atoms with E-state index in [0.717, 1.165) is 0 Å². The smallest absolute Gasteiger partial charge is 0.408 e. The molecule has 0 saturated carbocycles. The van der Waals surface area contributed by atoms with E-state index in [1.54, 1.807) is 23.1 Å². The lowest BCUT2D eigenvalue weighted by Gasteiger charge is -2.18. The van der Waals surface area contributed by atoms with Gasteiger partial charge in [-0.05, 0) is 32.0 Å². The number of carbonyl (C=O) groups is 1. The van der Waals surface area contributed by atoms with Crippen LogP contribution in [0.15, 0.2) is 27.4 Å². The Balaban J connectivity index is 2.42. The van der Waals surface area contributed by atoms with Gasteiger partial charge >= 0.3 is 5.76 Å². The fourth-order valence-corrected chi connectivity index (χ4v) is 1.77. The zero-order valence-corrected chi connectivity index (χ0v) is 9.82. The minimum Gasteiger partial charge on any atom is -0.408 e. The Morgan fingerprint density at radius 3 is 2.71 bits per heavy atom. The molecule has 0 spiro atoms. The average molecular weight is 234 g/mol. The lowest BCUT2D eigenvalue weighted by atomic mass is 10.2. The van der Waals surface area contributed by atoms with Gasteiger partial charge < -0.3 is 9.32 Å². The number of oxazole rings is 1. The molecule has 17 heavy (non-hydrogen) atoms. The molecule has 2 aromatic rings. The number of hydrogen-bond donors (Lipinski definition) is 1. The van der Waals surface area contributed by atoms with Gasteiger partial charge in [0.05, 0.1) is 5.52 Å². The van der Waals surface area contributed by atoms with Crippen LogP contribution in [0.25, 0.3) is 11.1 Å². The summed E-state index contributed by atoms with van der Waals surface area (Å²) < 4.78 is 4.92. The van der Waals surface area contributed by atoms with Crippen LogP contribution in [0.1, 0.15) is 24.2 Å². The Morgan fingerprint density at radius 2 is 2.06 bits per heavy atom. The Bertz CT molecular complexity index is 593. The lowest BCUT2D eigenvalue weighted by molar-refractivity contribution is 0.0773. The van der Waals surface area contributed by atoms with Crippen LogP contribution in [0.4, 0.5) is 0 Å². The van der Waals surface area contributed by atoms with Crippen molar-refractivity contribution >= 4 is 17.0 Å². The number of rotatable bonds is 3. The topological polar surface area (TPSA) is 66.3 Å². The Hall–Kier alpha value is -2.04. The number of carbonyl (C=O) groups excluding carboxylic acids is 1. The van der Waals surface area contributed by atoms with Gasteiger partial charge in [-0.1, -0.05) is 0 Å². The highest BCUT2D eigenvalue weighted by Gasteiger charge is 2.13. The summed E-state index contributed by atoms with van der Waals surface area (Å²) in [5.41, 5.74) is 1.54. The summed E-state index contributed by atoms with van der Waals surface area (Å²) in [6, 6.07) is 4.96. The zero-order valence-electron chi connectivity index (χ0n) is 9.82. The third-order valence-electron chi connectivity index (χ3n) is 2.72. The van der Waals surface area contributed by atoms with Crippen molar-refractivity contribution in [3.63, 3.8) is 0 Å². The first kappa shape index (κ1) is 11.4. The number of fused-ring (bicyclic) bond motifs is 1. The van der Waals surface area contributed by atoms with Crippen molar-refractivity contribution in [2.45, 2.75) is 13.8 Å². The number of nitrogens with zero attached hydrogens (tertiary/aromatic N) is 1. The molecule has 0 atom stereocenters. The van der Waals surface area contributed by atoms with Crippen LogP contribution in [-0.4, -0.2) is 28.9 Å². The molecule has 0 saturated heterocycles. The summed E-state index contributed by atoms with van der Waals surface area (Å²) in [6.45, 7) is 5.17. The summed E-state index contributed by atoms with van der Waals surface area (Å²) >= 11 is 0. The van der Waals surface area contributed by atoms with Crippen molar-refractivity contribution in [1.82, 2.24) is 9.88 Å². The van der Waals surface area contributed by atoms with E-state index in [2.05, 4.69) is 4.98 Å². The van der Waals surface area contributed by atoms with Crippen molar-refractivity contribution in [3.05, 3.63) is 34.3 Å². The first-order chi connectivity index (χ1) is 8.15. The summed E-state index contributed by atoms with van der Waals surface area (Å²) in [5, 5.41) is 0. The second-order valence-corrected chi connectivity index (χ2v) is 3.70. The average Bonchev–Trinajstić information content (AvgIpc) is 2.69. The Kier molecular flexibility index (Phi) is 2.99. The molecule has 1 N–H and O–H groups in total. The number of hydrogen-bond acceptors (Lipinski definition) is 3. The highest BCUT2D eigenvalue weighted by atomic mass is 16.4. The van der Waals surface area contributed by atoms with Crippen LogP contribution in [0.2, 0.25) is 0 Å². The SMILES string of the molecule is CCN(CC)C(=O)c1ccc2[nH]c(=O)oc2c1. The molecule has 1 amide bonds. The van der Waals surface area contributed by atoms with Gasteiger partial charge in [-0.3, -0.25) is 9.78 Å². The number of amides is 1. The molecule has 5 heteroatoms. The molecule has 1 heterocycles. The summed E-state index contributed by atoms with van der Waals surface area (Å²) in [5.74, 6) is -0.562. The molecule has 0 aliphatic carbocycles. The fraction of sp³-hybridized carbons (Fsp3) is 0.333. The molecule has 1 aromatic carbocycles. The van der Waals surface area contributed by atoms with Crippen LogP contribution < -0.4 is 5.76 Å². The monoisotopic (exact) mass is 234 g/mol. The van der Waals surface area contributed by atoms with Gasteiger partial charge in [0.15, 0.2) is 5.58 Å². The number of H-pyrrole nitrogens is 1. The molecular weight excluding hydrogens is 220 g/mol. The summed E-state index contributed by atoms with van der Waals surface area (Å²) in [4.78, 5) is 27.3. The number of aromatic nitrogens is 1. The van der Waals surface area contributed by atoms with Crippen LogP contribution >= 0.6 is 0 Å². The van der Waals surface area contributed by atoms with Gasteiger partial charge in [0.25, 0.3) is 5.91 Å². The molecular formula is C12H14N2O3. The highest BCUT2D eigenvalue weighted by Crippen LogP contribution is 2.14. The van der Waals surface area contributed by atoms with Crippen molar-refractivity contribution in [2.24, 2.45) is 0 Å². The maximum atomic E-state index is 12.1. The van der Waals surface area contributed by atoms with E-state index in [-0.39, 0.29) is 5.91 Å². The molecule has 0 radical (unpaired) electrons. The van der Waals surface area contributed by atoms with Crippen LogP contribution in [0.5, 0.6) is 0 Å². The first-order valence-corrected chi connectivity index (χ1v) is 5.57. The van der Waals surface area contributed by atoms with Crippen molar-refractivity contribution in [2.75, 3.05) is 13.1 Å². The predicted molar refractivity (Wildman–Crippen MR) is 64.1 cm³/mol. The number of aromatic amines is 1. The minimum atomic E-state index is -0.507. The van der Waals surface area contributed by atoms with Gasteiger partial charge in [0.1, 0.15) is 0 Å². The fourth-order valence-electron chi connectivity index (χ4n) is 1.77. The van der Waals surface area contributed by atoms with Gasteiger partial charge in [0, 0.05) is 18.7 Å². The van der Waals surface area contributed by atoms with Crippen LogP contribution in [0.3, 0.4) is 0 Å². The van der Waals surface area contributed by atoms with Gasteiger partial charge in [0.2, 0.25) is 0 Å².